The fraction of sp³-hybridized carbons (Fsp3) is 1.00. The van der Waals surface area contributed by atoms with Crippen molar-refractivity contribution >= 4 is 7.41 Å². The average Bonchev–Trinajstić information content (AvgIpc) is 1.89. The molecule has 1 atom stereocenters. The van der Waals surface area contributed by atoms with E-state index in [0.717, 1.165) is 12.4 Å². The lowest BCUT2D eigenvalue weighted by Gasteiger charge is -2.05. The summed E-state index contributed by atoms with van der Waals surface area (Å²) in [7, 11) is 2.18. The molecule has 0 aliphatic carbocycles. The molecule has 1 unspecified atom stereocenters. The summed E-state index contributed by atoms with van der Waals surface area (Å²) in [6.45, 7) is 7.72. The van der Waals surface area contributed by atoms with Crippen molar-refractivity contribution in [2.45, 2.75) is 39.4 Å². The third-order valence-electron chi connectivity index (χ3n) is 1.44. The summed E-state index contributed by atoms with van der Waals surface area (Å²) in [6.07, 6.45) is 2.45. The van der Waals surface area contributed by atoms with Gasteiger partial charge in [0.15, 0.2) is 0 Å². The molecule has 0 aromatic heterocycles. The van der Waals surface area contributed by atoms with Crippen LogP contribution >= 0.6 is 0 Å². The zero-order valence-electron chi connectivity index (χ0n) is 6.78. The molecule has 0 aliphatic heterocycles. The standard InChI is InChI=1S/C7H17BN/c1-4-6-9-8-7(3)5-2/h7,9H,4-6H2,1-3H3. The van der Waals surface area contributed by atoms with E-state index in [1.165, 1.54) is 12.8 Å². The van der Waals surface area contributed by atoms with E-state index >= 15 is 0 Å². The quantitative estimate of drug-likeness (QED) is 0.437. The highest BCUT2D eigenvalue weighted by Crippen LogP contribution is 2.02. The lowest BCUT2D eigenvalue weighted by atomic mass is 9.75. The third-order valence-corrected chi connectivity index (χ3v) is 1.44. The molecule has 0 spiro atoms. The molecular formula is C7H17BN. The van der Waals surface area contributed by atoms with Gasteiger partial charge in [-0.25, -0.2) is 0 Å². The van der Waals surface area contributed by atoms with E-state index in [9.17, 15) is 0 Å². The second-order valence-corrected chi connectivity index (χ2v) is 2.51. The topological polar surface area (TPSA) is 12.0 Å². The van der Waals surface area contributed by atoms with Gasteiger partial charge in [0.2, 0.25) is 7.41 Å². The SMILES string of the molecule is CCCN[B]C(C)CC. The fourth-order valence-corrected chi connectivity index (χ4v) is 0.547. The Morgan fingerprint density at radius 2 is 2.11 bits per heavy atom. The Hall–Kier alpha value is 0.0249. The normalized spacial score (nSPS) is 13.2. The van der Waals surface area contributed by atoms with Crippen LogP contribution in [0.1, 0.15) is 33.6 Å². The Bertz CT molecular complexity index is 56.9. The van der Waals surface area contributed by atoms with Crippen LogP contribution in [0.3, 0.4) is 0 Å². The van der Waals surface area contributed by atoms with Crippen molar-refractivity contribution < 1.29 is 0 Å². The molecule has 1 nitrogen and oxygen atoms in total. The second-order valence-electron chi connectivity index (χ2n) is 2.51. The summed E-state index contributed by atoms with van der Waals surface area (Å²) in [5.74, 6) is 0.719. The molecule has 2 heteroatoms. The van der Waals surface area contributed by atoms with Gasteiger partial charge in [0.25, 0.3) is 0 Å². The van der Waals surface area contributed by atoms with Gasteiger partial charge in [-0.3, -0.25) is 0 Å². The number of hydrogen-bond acceptors (Lipinski definition) is 1. The van der Waals surface area contributed by atoms with Gasteiger partial charge in [-0.15, -0.1) is 0 Å². The Labute approximate surface area is 59.5 Å². The smallest absolute Gasteiger partial charge is 0.208 e. The van der Waals surface area contributed by atoms with Gasteiger partial charge in [-0.1, -0.05) is 33.0 Å². The first-order valence-electron chi connectivity index (χ1n) is 3.88. The molecular weight excluding hydrogens is 109 g/mol. The zero-order valence-corrected chi connectivity index (χ0v) is 6.78. The van der Waals surface area contributed by atoms with Crippen LogP contribution in [0.5, 0.6) is 0 Å². The minimum absolute atomic E-state index is 0.719. The molecule has 0 amide bonds. The van der Waals surface area contributed by atoms with E-state index < -0.39 is 0 Å². The van der Waals surface area contributed by atoms with Gasteiger partial charge in [-0.05, 0) is 13.0 Å². The maximum Gasteiger partial charge on any atom is 0.208 e. The molecule has 1 N–H and O–H groups in total. The van der Waals surface area contributed by atoms with E-state index in [1.54, 1.807) is 0 Å². The first-order chi connectivity index (χ1) is 4.31. The minimum atomic E-state index is 0.719. The molecule has 0 saturated carbocycles. The highest BCUT2D eigenvalue weighted by atomic mass is 14.7. The van der Waals surface area contributed by atoms with Crippen molar-refractivity contribution in [3.05, 3.63) is 0 Å². The summed E-state index contributed by atoms with van der Waals surface area (Å²) < 4.78 is 0. The monoisotopic (exact) mass is 126 g/mol. The van der Waals surface area contributed by atoms with Crippen LogP contribution in [0.25, 0.3) is 0 Å². The molecule has 0 saturated heterocycles. The Balaban J connectivity index is 2.88. The lowest BCUT2D eigenvalue weighted by Crippen LogP contribution is -2.22. The molecule has 0 aromatic carbocycles. The summed E-state index contributed by atoms with van der Waals surface area (Å²) in [5, 5.41) is 3.26. The van der Waals surface area contributed by atoms with Crippen LogP contribution in [0.4, 0.5) is 0 Å². The lowest BCUT2D eigenvalue weighted by molar-refractivity contribution is 0.806. The summed E-state index contributed by atoms with van der Waals surface area (Å²) in [6, 6.07) is 0. The first-order valence-corrected chi connectivity index (χ1v) is 3.88. The molecule has 0 rings (SSSR count). The summed E-state index contributed by atoms with van der Waals surface area (Å²) >= 11 is 0. The van der Waals surface area contributed by atoms with E-state index in [0.29, 0.717) is 0 Å². The van der Waals surface area contributed by atoms with E-state index in [2.05, 4.69) is 33.4 Å². The molecule has 9 heavy (non-hydrogen) atoms. The number of nitrogens with one attached hydrogen (secondary N) is 1. The van der Waals surface area contributed by atoms with Gasteiger partial charge in [0, 0.05) is 0 Å². The van der Waals surface area contributed by atoms with Gasteiger partial charge >= 0.3 is 0 Å². The van der Waals surface area contributed by atoms with Crippen molar-refractivity contribution in [1.82, 2.24) is 5.23 Å². The predicted molar refractivity (Wildman–Crippen MR) is 43.8 cm³/mol. The molecule has 53 valence electrons. The van der Waals surface area contributed by atoms with Gasteiger partial charge < -0.3 is 5.23 Å². The van der Waals surface area contributed by atoms with Crippen molar-refractivity contribution in [2.24, 2.45) is 0 Å². The Morgan fingerprint density at radius 1 is 1.44 bits per heavy atom. The van der Waals surface area contributed by atoms with Gasteiger partial charge in [0.1, 0.15) is 0 Å². The number of rotatable bonds is 5. The van der Waals surface area contributed by atoms with Crippen LogP contribution in [0.2, 0.25) is 5.82 Å². The molecule has 0 fully saturated rings. The first kappa shape index (κ1) is 9.02. The predicted octanol–water partition coefficient (Wildman–Crippen LogP) is 1.82. The molecule has 0 bridgehead atoms. The summed E-state index contributed by atoms with van der Waals surface area (Å²) in [5.41, 5.74) is 0. The van der Waals surface area contributed by atoms with Gasteiger partial charge in [-0.2, -0.15) is 0 Å². The maximum atomic E-state index is 3.26. The largest absolute Gasteiger partial charge is 0.360 e. The number of hydrogen-bond donors (Lipinski definition) is 1. The van der Waals surface area contributed by atoms with E-state index in [1.807, 2.05) is 0 Å². The average molecular weight is 126 g/mol. The fourth-order valence-electron chi connectivity index (χ4n) is 0.547. The summed E-state index contributed by atoms with van der Waals surface area (Å²) in [4.78, 5) is 0. The minimum Gasteiger partial charge on any atom is -0.360 e. The van der Waals surface area contributed by atoms with Crippen molar-refractivity contribution in [2.75, 3.05) is 6.54 Å². The zero-order chi connectivity index (χ0) is 7.11. The van der Waals surface area contributed by atoms with Gasteiger partial charge in [0.05, 0.1) is 0 Å². The van der Waals surface area contributed by atoms with Crippen LogP contribution in [-0.2, 0) is 0 Å². The van der Waals surface area contributed by atoms with Crippen LogP contribution < -0.4 is 5.23 Å². The maximum absolute atomic E-state index is 3.26. The van der Waals surface area contributed by atoms with E-state index in [4.69, 9.17) is 0 Å². The highest BCUT2D eigenvalue weighted by molar-refractivity contribution is 6.34. The second kappa shape index (κ2) is 6.15. The molecule has 1 radical (unpaired) electrons. The van der Waals surface area contributed by atoms with Crippen molar-refractivity contribution in [3.63, 3.8) is 0 Å². The Kier molecular flexibility index (Phi) is 6.17. The van der Waals surface area contributed by atoms with Crippen LogP contribution in [0, 0.1) is 0 Å². The molecule has 0 heterocycles. The van der Waals surface area contributed by atoms with Crippen LogP contribution in [-0.4, -0.2) is 14.0 Å². The third kappa shape index (κ3) is 5.90. The molecule has 0 aromatic rings. The van der Waals surface area contributed by atoms with E-state index in [-0.39, 0.29) is 0 Å². The van der Waals surface area contributed by atoms with Crippen LogP contribution in [0.15, 0.2) is 0 Å². The molecule has 0 aliphatic rings. The highest BCUT2D eigenvalue weighted by Gasteiger charge is 1.97. The van der Waals surface area contributed by atoms with Crippen molar-refractivity contribution in [3.8, 4) is 0 Å². The Morgan fingerprint density at radius 3 is 2.56 bits per heavy atom. The van der Waals surface area contributed by atoms with Crippen molar-refractivity contribution in [1.29, 1.82) is 0 Å².